The van der Waals surface area contributed by atoms with Gasteiger partial charge in [-0.1, -0.05) is 12.1 Å². The second-order valence-corrected chi connectivity index (χ2v) is 8.91. The van der Waals surface area contributed by atoms with Crippen molar-refractivity contribution in [3.8, 4) is 0 Å². The minimum atomic E-state index is -3.68. The summed E-state index contributed by atoms with van der Waals surface area (Å²) in [5.74, 6) is 0.0332. The number of benzene rings is 1. The Morgan fingerprint density at radius 1 is 1.07 bits per heavy atom. The fourth-order valence-corrected chi connectivity index (χ4v) is 5.04. The maximum atomic E-state index is 13.3. The van der Waals surface area contributed by atoms with Crippen LogP contribution in [-0.2, 0) is 14.8 Å². The number of carbonyl (C=O) groups is 1. The van der Waals surface area contributed by atoms with Crippen LogP contribution >= 0.6 is 0 Å². The molecule has 156 valence electrons. The normalized spacial score (nSPS) is 15.3. The van der Waals surface area contributed by atoms with Crippen LogP contribution in [0.5, 0.6) is 0 Å². The van der Waals surface area contributed by atoms with Gasteiger partial charge in [0.05, 0.1) is 12.6 Å². The zero-order valence-electron chi connectivity index (χ0n) is 16.6. The highest BCUT2D eigenvalue weighted by atomic mass is 32.2. The van der Waals surface area contributed by atoms with Crippen molar-refractivity contribution in [3.63, 3.8) is 0 Å². The second kappa shape index (κ2) is 7.96. The molecule has 4 rings (SSSR count). The van der Waals surface area contributed by atoms with E-state index >= 15 is 0 Å². The third kappa shape index (κ3) is 3.71. The van der Waals surface area contributed by atoms with E-state index in [9.17, 15) is 13.2 Å². The van der Waals surface area contributed by atoms with E-state index in [0.29, 0.717) is 37.5 Å². The van der Waals surface area contributed by atoms with Crippen LogP contribution in [-0.4, -0.2) is 67.2 Å². The topological polar surface area (TPSA) is 106 Å². The number of esters is 1. The summed E-state index contributed by atoms with van der Waals surface area (Å²) in [5.41, 5.74) is 1.58. The number of carbonyl (C=O) groups excluding carboxylic acids is 1. The van der Waals surface area contributed by atoms with Gasteiger partial charge in [0, 0.05) is 37.8 Å². The van der Waals surface area contributed by atoms with E-state index < -0.39 is 16.0 Å². The minimum absolute atomic E-state index is 0.126. The number of hydrogen-bond acceptors (Lipinski definition) is 8. The molecule has 10 heteroatoms. The van der Waals surface area contributed by atoms with Gasteiger partial charge in [-0.3, -0.25) is 4.98 Å². The van der Waals surface area contributed by atoms with Gasteiger partial charge in [-0.15, -0.1) is 10.2 Å². The lowest BCUT2D eigenvalue weighted by atomic mass is 10.2. The number of aryl methyl sites for hydroxylation is 1. The van der Waals surface area contributed by atoms with Crippen molar-refractivity contribution in [1.82, 2.24) is 19.5 Å². The summed E-state index contributed by atoms with van der Waals surface area (Å²) in [7, 11) is -2.40. The number of ether oxygens (including phenoxy) is 1. The van der Waals surface area contributed by atoms with Gasteiger partial charge in [-0.05, 0) is 36.8 Å². The molecule has 30 heavy (non-hydrogen) atoms. The van der Waals surface area contributed by atoms with Gasteiger partial charge in [0.1, 0.15) is 4.90 Å². The predicted molar refractivity (Wildman–Crippen MR) is 111 cm³/mol. The molecule has 0 unspecified atom stereocenters. The molecular formula is C20H21N5O4S. The molecule has 2 aromatic heterocycles. The fourth-order valence-electron chi connectivity index (χ4n) is 3.45. The first-order chi connectivity index (χ1) is 14.4. The molecule has 1 aliphatic heterocycles. The molecule has 1 fully saturated rings. The standard InChI is InChI=1S/C20H21N5O4S/c1-14-12-15-4-3-5-17(19(15)21-13-14)30(27,28)25-10-8-24(9-11-25)18-7-6-16(22-23-18)20(26)29-2/h3-7,12-13H,8-11H2,1-2H3. The molecule has 3 aromatic rings. The molecule has 0 N–H and O–H groups in total. The Hall–Kier alpha value is -3.11. The highest BCUT2D eigenvalue weighted by molar-refractivity contribution is 7.89. The molecule has 0 amide bonds. The number of methoxy groups -OCH3 is 1. The van der Waals surface area contributed by atoms with E-state index in [1.54, 1.807) is 30.5 Å². The maximum absolute atomic E-state index is 13.3. The van der Waals surface area contributed by atoms with Crippen LogP contribution in [0.1, 0.15) is 16.1 Å². The van der Waals surface area contributed by atoms with Crippen molar-refractivity contribution in [2.24, 2.45) is 0 Å². The third-order valence-electron chi connectivity index (χ3n) is 5.04. The Balaban J connectivity index is 1.52. The van der Waals surface area contributed by atoms with E-state index in [1.807, 2.05) is 24.0 Å². The van der Waals surface area contributed by atoms with Gasteiger partial charge in [0.25, 0.3) is 0 Å². The lowest BCUT2D eigenvalue weighted by Gasteiger charge is -2.34. The monoisotopic (exact) mass is 427 g/mol. The average Bonchev–Trinajstić information content (AvgIpc) is 2.78. The molecule has 0 saturated carbocycles. The number of piperazine rings is 1. The van der Waals surface area contributed by atoms with Crippen LogP contribution in [0.2, 0.25) is 0 Å². The van der Waals surface area contributed by atoms with Crippen LogP contribution in [0.15, 0.2) is 47.5 Å². The van der Waals surface area contributed by atoms with Crippen LogP contribution in [0.3, 0.4) is 0 Å². The predicted octanol–water partition coefficient (Wildman–Crippen LogP) is 1.63. The Morgan fingerprint density at radius 2 is 1.83 bits per heavy atom. The lowest BCUT2D eigenvalue weighted by Crippen LogP contribution is -2.49. The third-order valence-corrected chi connectivity index (χ3v) is 6.97. The van der Waals surface area contributed by atoms with Crippen LogP contribution < -0.4 is 4.90 Å². The zero-order chi connectivity index (χ0) is 21.3. The van der Waals surface area contributed by atoms with Crippen molar-refractivity contribution < 1.29 is 17.9 Å². The van der Waals surface area contributed by atoms with E-state index in [4.69, 9.17) is 0 Å². The van der Waals surface area contributed by atoms with Crippen molar-refractivity contribution in [2.75, 3.05) is 38.2 Å². The Morgan fingerprint density at radius 3 is 2.50 bits per heavy atom. The summed E-state index contributed by atoms with van der Waals surface area (Å²) in [6.45, 7) is 3.47. The van der Waals surface area contributed by atoms with Crippen molar-refractivity contribution in [3.05, 3.63) is 53.9 Å². The molecule has 0 radical (unpaired) electrons. The van der Waals surface area contributed by atoms with E-state index in [0.717, 1.165) is 10.9 Å². The van der Waals surface area contributed by atoms with E-state index in [1.165, 1.54) is 11.4 Å². The summed E-state index contributed by atoms with van der Waals surface area (Å²) in [4.78, 5) is 18.0. The summed E-state index contributed by atoms with van der Waals surface area (Å²) in [6.07, 6.45) is 1.68. The molecule has 0 atom stereocenters. The Bertz CT molecular complexity index is 1190. The smallest absolute Gasteiger partial charge is 0.358 e. The number of rotatable bonds is 4. The number of aromatic nitrogens is 3. The van der Waals surface area contributed by atoms with Gasteiger partial charge in [-0.25, -0.2) is 13.2 Å². The summed E-state index contributed by atoms with van der Waals surface area (Å²) < 4.78 is 32.6. The number of fused-ring (bicyclic) bond motifs is 1. The molecular weight excluding hydrogens is 406 g/mol. The van der Waals surface area contributed by atoms with E-state index in [2.05, 4.69) is 19.9 Å². The summed E-state index contributed by atoms with van der Waals surface area (Å²) in [6, 6.07) is 10.4. The van der Waals surface area contributed by atoms with Gasteiger partial charge in [0.2, 0.25) is 10.0 Å². The van der Waals surface area contributed by atoms with Gasteiger partial charge in [-0.2, -0.15) is 4.31 Å². The van der Waals surface area contributed by atoms with Crippen molar-refractivity contribution in [2.45, 2.75) is 11.8 Å². The highest BCUT2D eigenvalue weighted by Crippen LogP contribution is 2.26. The second-order valence-electron chi connectivity index (χ2n) is 7.00. The summed E-state index contributed by atoms with van der Waals surface area (Å²) in [5, 5.41) is 8.74. The number of pyridine rings is 1. The molecule has 3 heterocycles. The Kier molecular flexibility index (Phi) is 5.35. The Labute approximate surface area is 174 Å². The van der Waals surface area contributed by atoms with Crippen LogP contribution in [0, 0.1) is 6.92 Å². The average molecular weight is 427 g/mol. The zero-order valence-corrected chi connectivity index (χ0v) is 17.5. The van der Waals surface area contributed by atoms with Crippen LogP contribution in [0.25, 0.3) is 10.9 Å². The molecule has 1 saturated heterocycles. The first-order valence-electron chi connectivity index (χ1n) is 9.42. The van der Waals surface area contributed by atoms with Crippen molar-refractivity contribution in [1.29, 1.82) is 0 Å². The maximum Gasteiger partial charge on any atom is 0.358 e. The number of sulfonamides is 1. The molecule has 0 spiro atoms. The fraction of sp³-hybridized carbons (Fsp3) is 0.300. The molecule has 0 bridgehead atoms. The van der Waals surface area contributed by atoms with Gasteiger partial charge in [0.15, 0.2) is 11.5 Å². The molecule has 0 aliphatic carbocycles. The van der Waals surface area contributed by atoms with Gasteiger partial charge >= 0.3 is 5.97 Å². The molecule has 1 aliphatic rings. The van der Waals surface area contributed by atoms with E-state index in [-0.39, 0.29) is 10.6 Å². The SMILES string of the molecule is COC(=O)c1ccc(N2CCN(S(=O)(=O)c3cccc4cc(C)cnc34)CC2)nn1. The summed E-state index contributed by atoms with van der Waals surface area (Å²) >= 11 is 0. The molecule has 9 nitrogen and oxygen atoms in total. The number of hydrogen-bond donors (Lipinski definition) is 0. The number of anilines is 1. The van der Waals surface area contributed by atoms with Crippen LogP contribution in [0.4, 0.5) is 5.82 Å². The minimum Gasteiger partial charge on any atom is -0.464 e. The van der Waals surface area contributed by atoms with Gasteiger partial charge < -0.3 is 9.64 Å². The first kappa shape index (κ1) is 20.2. The lowest BCUT2D eigenvalue weighted by molar-refractivity contribution is 0.0592. The quantitative estimate of drug-likeness (QED) is 0.579. The number of nitrogens with zero attached hydrogens (tertiary/aromatic N) is 5. The van der Waals surface area contributed by atoms with Crippen molar-refractivity contribution >= 4 is 32.7 Å². The first-order valence-corrected chi connectivity index (χ1v) is 10.9. The molecule has 1 aromatic carbocycles. The largest absolute Gasteiger partial charge is 0.464 e. The number of para-hydroxylation sites is 1. The highest BCUT2D eigenvalue weighted by Gasteiger charge is 2.30.